The number of nitrogens with two attached hydrogens (primary N) is 1. The summed E-state index contributed by atoms with van der Waals surface area (Å²) in [4.78, 5) is 14.3. The highest BCUT2D eigenvalue weighted by Crippen LogP contribution is 2.22. The smallest absolute Gasteiger partial charge is 0.223 e. The number of hydrogen-bond donors (Lipinski definition) is 1. The lowest BCUT2D eigenvalue weighted by atomic mass is 10.3. The van der Waals surface area contributed by atoms with E-state index in [9.17, 15) is 4.79 Å². The van der Waals surface area contributed by atoms with Gasteiger partial charge in [0.15, 0.2) is 0 Å². The van der Waals surface area contributed by atoms with Crippen molar-refractivity contribution in [3.8, 4) is 0 Å². The summed E-state index contributed by atoms with van der Waals surface area (Å²) < 4.78 is 1.09. The van der Waals surface area contributed by atoms with Crippen molar-refractivity contribution >= 4 is 45.6 Å². The molecule has 0 radical (unpaired) electrons. The summed E-state index contributed by atoms with van der Waals surface area (Å²) in [5.74, 6) is 0.0945. The molecule has 1 aromatic heterocycles. The molecule has 0 aliphatic rings. The highest BCUT2D eigenvalue weighted by atomic mass is 79.9. The van der Waals surface area contributed by atoms with Crippen LogP contribution in [0.1, 0.15) is 11.3 Å². The van der Waals surface area contributed by atoms with E-state index in [0.29, 0.717) is 19.5 Å². The Morgan fingerprint density at radius 1 is 1.60 bits per heavy atom. The number of carbonyl (C=O) groups is 1. The van der Waals surface area contributed by atoms with Crippen molar-refractivity contribution in [1.82, 2.24) is 4.90 Å². The summed E-state index contributed by atoms with van der Waals surface area (Å²) in [6.45, 7) is 1.08. The van der Waals surface area contributed by atoms with Gasteiger partial charge in [0.2, 0.25) is 5.91 Å². The van der Waals surface area contributed by atoms with Gasteiger partial charge in [-0.3, -0.25) is 4.79 Å². The molecular weight excluding hydrogens is 300 g/mol. The highest BCUT2D eigenvalue weighted by Gasteiger charge is 2.08. The third-order valence-corrected chi connectivity index (χ3v) is 3.41. The van der Waals surface area contributed by atoms with Crippen LogP contribution in [0.5, 0.6) is 0 Å². The zero-order chi connectivity index (χ0) is 10.6. The van der Waals surface area contributed by atoms with Gasteiger partial charge in [0.05, 0.1) is 10.3 Å². The quantitative estimate of drug-likeness (QED) is 0.926. The lowest BCUT2D eigenvalue weighted by Crippen LogP contribution is -2.27. The zero-order valence-corrected chi connectivity index (χ0v) is 11.6. The molecule has 86 valence electrons. The second-order valence-corrected chi connectivity index (χ2v) is 5.54. The molecule has 2 N–H and O–H groups in total. The second kappa shape index (κ2) is 7.22. The first-order valence-electron chi connectivity index (χ1n) is 4.31. The molecule has 0 bridgehead atoms. The summed E-state index contributed by atoms with van der Waals surface area (Å²) in [6, 6.07) is 4.00. The van der Waals surface area contributed by atoms with Crippen LogP contribution in [0.4, 0.5) is 0 Å². The van der Waals surface area contributed by atoms with Gasteiger partial charge < -0.3 is 10.6 Å². The molecule has 6 heteroatoms. The molecule has 0 aliphatic carbocycles. The van der Waals surface area contributed by atoms with Gasteiger partial charge in [0.25, 0.3) is 0 Å². The van der Waals surface area contributed by atoms with Gasteiger partial charge in [-0.2, -0.15) is 0 Å². The van der Waals surface area contributed by atoms with Crippen molar-refractivity contribution < 1.29 is 4.79 Å². The molecule has 0 unspecified atom stereocenters. The van der Waals surface area contributed by atoms with Crippen molar-refractivity contribution in [1.29, 1.82) is 0 Å². The van der Waals surface area contributed by atoms with Gasteiger partial charge in [-0.25, -0.2) is 0 Å². The zero-order valence-electron chi connectivity index (χ0n) is 8.40. The van der Waals surface area contributed by atoms with Crippen LogP contribution in [0.25, 0.3) is 0 Å². The molecule has 0 fully saturated rings. The number of nitrogens with zero attached hydrogens (tertiary/aromatic N) is 1. The van der Waals surface area contributed by atoms with Crippen LogP contribution in [0.3, 0.4) is 0 Å². The SMILES string of the molecule is CN(Cc1ccc(Br)s1)C(=O)CCN.Cl. The van der Waals surface area contributed by atoms with Gasteiger partial charge in [0, 0.05) is 24.9 Å². The first kappa shape index (κ1) is 14.9. The topological polar surface area (TPSA) is 46.3 Å². The summed E-state index contributed by atoms with van der Waals surface area (Å²) in [7, 11) is 1.80. The number of carbonyl (C=O) groups excluding carboxylic acids is 1. The van der Waals surface area contributed by atoms with Crippen LogP contribution in [0, 0.1) is 0 Å². The minimum absolute atomic E-state index is 0. The minimum atomic E-state index is 0. The molecule has 0 aromatic carbocycles. The molecule has 1 rings (SSSR count). The number of amides is 1. The summed E-state index contributed by atoms with van der Waals surface area (Å²) >= 11 is 5.03. The largest absolute Gasteiger partial charge is 0.341 e. The van der Waals surface area contributed by atoms with Gasteiger partial charge >= 0.3 is 0 Å². The molecule has 0 saturated carbocycles. The fourth-order valence-electron chi connectivity index (χ4n) is 1.07. The third kappa shape index (κ3) is 4.97. The Morgan fingerprint density at radius 2 is 2.27 bits per heavy atom. The van der Waals surface area contributed by atoms with Crippen LogP contribution in [-0.4, -0.2) is 24.4 Å². The molecule has 15 heavy (non-hydrogen) atoms. The highest BCUT2D eigenvalue weighted by molar-refractivity contribution is 9.11. The minimum Gasteiger partial charge on any atom is -0.341 e. The van der Waals surface area contributed by atoms with Crippen LogP contribution in [-0.2, 0) is 11.3 Å². The fraction of sp³-hybridized carbons (Fsp3) is 0.444. The van der Waals surface area contributed by atoms with Crippen molar-refractivity contribution in [2.75, 3.05) is 13.6 Å². The lowest BCUT2D eigenvalue weighted by molar-refractivity contribution is -0.130. The van der Waals surface area contributed by atoms with E-state index in [4.69, 9.17) is 5.73 Å². The van der Waals surface area contributed by atoms with Crippen molar-refractivity contribution in [3.05, 3.63) is 20.8 Å². The molecule has 0 aliphatic heterocycles. The molecule has 0 saturated heterocycles. The Labute approximate surface area is 108 Å². The van der Waals surface area contributed by atoms with E-state index in [0.717, 1.165) is 3.79 Å². The number of rotatable bonds is 4. The van der Waals surface area contributed by atoms with E-state index in [-0.39, 0.29) is 18.3 Å². The van der Waals surface area contributed by atoms with E-state index < -0.39 is 0 Å². The van der Waals surface area contributed by atoms with Gasteiger partial charge in [-0.15, -0.1) is 23.7 Å². The summed E-state index contributed by atoms with van der Waals surface area (Å²) in [6.07, 6.45) is 0.420. The predicted molar refractivity (Wildman–Crippen MR) is 69.4 cm³/mol. The van der Waals surface area contributed by atoms with Gasteiger partial charge in [-0.05, 0) is 28.1 Å². The lowest BCUT2D eigenvalue weighted by Gasteiger charge is -2.15. The molecule has 3 nitrogen and oxygen atoms in total. The molecule has 0 atom stereocenters. The number of halogens is 2. The Balaban J connectivity index is 0.00000196. The van der Waals surface area contributed by atoms with Gasteiger partial charge in [-0.1, -0.05) is 0 Å². The summed E-state index contributed by atoms with van der Waals surface area (Å²) in [5, 5.41) is 0. The maximum Gasteiger partial charge on any atom is 0.223 e. The van der Waals surface area contributed by atoms with Crippen LogP contribution < -0.4 is 5.73 Å². The Hall–Kier alpha value is -0.100. The molecule has 1 heterocycles. The second-order valence-electron chi connectivity index (χ2n) is 2.99. The first-order valence-corrected chi connectivity index (χ1v) is 5.92. The van der Waals surface area contributed by atoms with Crippen LogP contribution in [0.2, 0.25) is 0 Å². The maximum atomic E-state index is 11.4. The van der Waals surface area contributed by atoms with E-state index in [1.165, 1.54) is 4.88 Å². The first-order chi connectivity index (χ1) is 6.63. The third-order valence-electron chi connectivity index (χ3n) is 1.81. The van der Waals surface area contributed by atoms with E-state index in [1.54, 1.807) is 23.3 Å². The van der Waals surface area contributed by atoms with E-state index >= 15 is 0 Å². The van der Waals surface area contributed by atoms with Gasteiger partial charge in [0.1, 0.15) is 0 Å². The predicted octanol–water partition coefficient (Wildman–Crippen LogP) is 2.24. The fourth-order valence-corrected chi connectivity index (χ4v) is 2.61. The Bertz CT molecular complexity index is 319. The average molecular weight is 314 g/mol. The molecular formula is C9H14BrClN2OS. The maximum absolute atomic E-state index is 11.4. The van der Waals surface area contributed by atoms with Crippen LogP contribution in [0.15, 0.2) is 15.9 Å². The molecule has 1 aromatic rings. The monoisotopic (exact) mass is 312 g/mol. The standard InChI is InChI=1S/C9H13BrN2OS.ClH/c1-12(9(13)4-5-11)6-7-2-3-8(10)14-7;/h2-3H,4-6,11H2,1H3;1H. The number of thiophene rings is 1. The van der Waals surface area contributed by atoms with Crippen molar-refractivity contribution in [3.63, 3.8) is 0 Å². The Kier molecular flexibility index (Phi) is 7.17. The summed E-state index contributed by atoms with van der Waals surface area (Å²) in [5.41, 5.74) is 5.31. The van der Waals surface area contributed by atoms with E-state index in [1.807, 2.05) is 12.1 Å². The van der Waals surface area contributed by atoms with Crippen LogP contribution >= 0.6 is 39.7 Å². The molecule has 1 amide bonds. The Morgan fingerprint density at radius 3 is 2.73 bits per heavy atom. The average Bonchev–Trinajstić information content (AvgIpc) is 2.51. The van der Waals surface area contributed by atoms with Crippen molar-refractivity contribution in [2.24, 2.45) is 5.73 Å². The normalized spacial score (nSPS) is 9.53. The molecule has 0 spiro atoms. The number of hydrogen-bond acceptors (Lipinski definition) is 3. The van der Waals surface area contributed by atoms with E-state index in [2.05, 4.69) is 15.9 Å². The van der Waals surface area contributed by atoms with Crippen molar-refractivity contribution in [2.45, 2.75) is 13.0 Å².